The summed E-state index contributed by atoms with van der Waals surface area (Å²) in [6.07, 6.45) is 19.0. The van der Waals surface area contributed by atoms with Crippen LogP contribution < -0.4 is 0 Å². The van der Waals surface area contributed by atoms with Gasteiger partial charge in [0.15, 0.2) is 0 Å². The average molecular weight is 799 g/mol. The summed E-state index contributed by atoms with van der Waals surface area (Å²) < 4.78 is 0. The summed E-state index contributed by atoms with van der Waals surface area (Å²) in [7, 11) is -3.43. The van der Waals surface area contributed by atoms with E-state index in [0.717, 1.165) is 24.0 Å². The maximum atomic E-state index is 4.00. The highest BCUT2D eigenvalue weighted by Crippen LogP contribution is 2.35. The van der Waals surface area contributed by atoms with Gasteiger partial charge in [0, 0.05) is 11.1 Å². The van der Waals surface area contributed by atoms with Crippen LogP contribution in [0.4, 0.5) is 0 Å². The van der Waals surface area contributed by atoms with Crippen LogP contribution >= 0.6 is 0 Å². The standard InChI is InChI=1S/C56H70Si2/c1-9-17-19-21-45-23-27-47(28-24-45)31-33-49-35-37-51-54(40-42-58(14-6,15-7)16-8)56-44-50(34-32-48-29-25-46(26-30-48)22-20-18-10-2)36-38-52(56)53(55(51)43-49)39-41-57(11-3,12-4)13-5/h23-38,43-44H,9-22H2,1-8H3/b33-31+,34-32+. The van der Waals surface area contributed by atoms with Crippen molar-refractivity contribution in [2.24, 2.45) is 0 Å². The van der Waals surface area contributed by atoms with Gasteiger partial charge in [-0.15, -0.1) is 11.1 Å². The topological polar surface area (TPSA) is 0 Å². The van der Waals surface area contributed by atoms with E-state index in [1.165, 1.54) is 130 Å². The van der Waals surface area contributed by atoms with Gasteiger partial charge in [0.1, 0.15) is 16.1 Å². The van der Waals surface area contributed by atoms with Crippen molar-refractivity contribution in [1.82, 2.24) is 0 Å². The van der Waals surface area contributed by atoms with Gasteiger partial charge in [-0.05, 0) is 129 Å². The highest BCUT2D eigenvalue weighted by atomic mass is 28.3. The number of rotatable bonds is 18. The molecule has 302 valence electrons. The smallest absolute Gasteiger partial charge is 0.126 e. The molecule has 58 heavy (non-hydrogen) atoms. The minimum Gasteiger partial charge on any atom is -0.126 e. The van der Waals surface area contributed by atoms with Gasteiger partial charge in [0.25, 0.3) is 0 Å². The van der Waals surface area contributed by atoms with E-state index >= 15 is 0 Å². The third kappa shape index (κ3) is 11.4. The van der Waals surface area contributed by atoms with E-state index in [-0.39, 0.29) is 0 Å². The minimum absolute atomic E-state index is 1.16. The van der Waals surface area contributed by atoms with Gasteiger partial charge in [-0.2, -0.15) is 0 Å². The van der Waals surface area contributed by atoms with Crippen LogP contribution in [0.2, 0.25) is 36.3 Å². The number of hydrogen-bond acceptors (Lipinski definition) is 0. The van der Waals surface area contributed by atoms with Gasteiger partial charge >= 0.3 is 0 Å². The molecule has 0 fully saturated rings. The summed E-state index contributed by atoms with van der Waals surface area (Å²) >= 11 is 0. The van der Waals surface area contributed by atoms with Crippen molar-refractivity contribution in [3.8, 4) is 22.9 Å². The predicted octanol–water partition coefficient (Wildman–Crippen LogP) is 16.6. The monoisotopic (exact) mass is 799 g/mol. The predicted molar refractivity (Wildman–Crippen MR) is 267 cm³/mol. The first kappa shape index (κ1) is 44.8. The zero-order valence-electron chi connectivity index (χ0n) is 37.3. The molecule has 0 saturated heterocycles. The molecule has 0 radical (unpaired) electrons. The Kier molecular flexibility index (Phi) is 17.1. The molecular weight excluding hydrogens is 729 g/mol. The van der Waals surface area contributed by atoms with E-state index in [1.54, 1.807) is 0 Å². The molecule has 0 N–H and O–H groups in total. The van der Waals surface area contributed by atoms with Gasteiger partial charge in [-0.1, -0.05) is 190 Å². The lowest BCUT2D eigenvalue weighted by molar-refractivity contribution is 0.717. The van der Waals surface area contributed by atoms with Crippen LogP contribution in [0.15, 0.2) is 84.9 Å². The molecule has 0 unspecified atom stereocenters. The van der Waals surface area contributed by atoms with Crippen molar-refractivity contribution in [2.75, 3.05) is 0 Å². The van der Waals surface area contributed by atoms with E-state index in [1.807, 2.05) is 0 Å². The van der Waals surface area contributed by atoms with Crippen LogP contribution in [0.1, 0.15) is 138 Å². The zero-order valence-corrected chi connectivity index (χ0v) is 39.3. The van der Waals surface area contributed by atoms with E-state index in [9.17, 15) is 0 Å². The molecule has 2 heteroatoms. The minimum atomic E-state index is -1.72. The average Bonchev–Trinajstić information content (AvgIpc) is 3.27. The van der Waals surface area contributed by atoms with E-state index in [4.69, 9.17) is 0 Å². The molecule has 0 aromatic heterocycles. The van der Waals surface area contributed by atoms with E-state index in [0.29, 0.717) is 0 Å². The Morgan fingerprint density at radius 1 is 0.379 bits per heavy atom. The van der Waals surface area contributed by atoms with Crippen molar-refractivity contribution in [1.29, 1.82) is 0 Å². The van der Waals surface area contributed by atoms with Crippen LogP contribution in [0.5, 0.6) is 0 Å². The van der Waals surface area contributed by atoms with Gasteiger partial charge in [-0.3, -0.25) is 0 Å². The number of aryl methyl sites for hydroxylation is 2. The van der Waals surface area contributed by atoms with Crippen LogP contribution in [-0.2, 0) is 12.8 Å². The molecule has 5 aromatic carbocycles. The summed E-state index contributed by atoms with van der Waals surface area (Å²) in [6.45, 7) is 18.7. The Bertz CT molecular complexity index is 2090. The molecule has 0 nitrogen and oxygen atoms in total. The fourth-order valence-electron chi connectivity index (χ4n) is 8.29. The summed E-state index contributed by atoms with van der Waals surface area (Å²) in [5, 5.41) is 4.90. The SMILES string of the molecule is CCCCCc1ccc(/C=C/c2ccc3c(C#C[Si](CC)(CC)CC)c4cc(/C=C/c5ccc(CCCCC)cc5)ccc4c(C#C[Si](CC)(CC)CC)c3c2)cc1. The summed E-state index contributed by atoms with van der Waals surface area (Å²) in [5.41, 5.74) is 18.0. The first-order chi connectivity index (χ1) is 28.3. The normalized spacial score (nSPS) is 12.0. The first-order valence-electron chi connectivity index (χ1n) is 22.9. The maximum absolute atomic E-state index is 4.00. The first-order valence-corrected chi connectivity index (χ1v) is 28.2. The summed E-state index contributed by atoms with van der Waals surface area (Å²) in [6, 6.07) is 39.4. The van der Waals surface area contributed by atoms with E-state index in [2.05, 4.69) is 188 Å². The molecule has 5 aromatic rings. The molecule has 0 bridgehead atoms. The maximum Gasteiger partial charge on any atom is 0.138 e. The number of unbranched alkanes of at least 4 members (excludes halogenated alkanes) is 4. The molecule has 0 saturated carbocycles. The largest absolute Gasteiger partial charge is 0.138 e. The zero-order chi connectivity index (χ0) is 41.4. The van der Waals surface area contributed by atoms with Crippen molar-refractivity contribution in [2.45, 2.75) is 143 Å². The third-order valence-corrected chi connectivity index (χ3v) is 22.6. The molecule has 0 amide bonds. The Morgan fingerprint density at radius 3 is 1.03 bits per heavy atom. The molecule has 0 atom stereocenters. The number of fused-ring (bicyclic) bond motifs is 2. The second kappa shape index (κ2) is 22.1. The summed E-state index contributed by atoms with van der Waals surface area (Å²) in [4.78, 5) is 0. The van der Waals surface area contributed by atoms with Crippen molar-refractivity contribution >= 4 is 62.0 Å². The highest BCUT2D eigenvalue weighted by molar-refractivity contribution is 6.87. The quantitative estimate of drug-likeness (QED) is 0.0272. The second-order valence-electron chi connectivity index (χ2n) is 16.6. The van der Waals surface area contributed by atoms with Crippen LogP contribution in [-0.4, -0.2) is 16.1 Å². The van der Waals surface area contributed by atoms with Gasteiger partial charge < -0.3 is 0 Å². The number of hydrogen-bond donors (Lipinski definition) is 0. The fraction of sp³-hybridized carbons (Fsp3) is 0.393. The molecule has 5 rings (SSSR count). The lowest BCUT2D eigenvalue weighted by Gasteiger charge is -2.21. The second-order valence-corrected chi connectivity index (χ2v) is 26.5. The fourth-order valence-corrected chi connectivity index (χ4v) is 13.1. The van der Waals surface area contributed by atoms with Crippen LogP contribution in [0.25, 0.3) is 45.8 Å². The Labute approximate surface area is 355 Å². The third-order valence-electron chi connectivity index (χ3n) is 13.2. The summed E-state index contributed by atoms with van der Waals surface area (Å²) in [5.74, 6) is 7.83. The van der Waals surface area contributed by atoms with Crippen molar-refractivity contribution < 1.29 is 0 Å². The number of benzene rings is 5. The van der Waals surface area contributed by atoms with Crippen molar-refractivity contribution in [3.63, 3.8) is 0 Å². The van der Waals surface area contributed by atoms with Crippen molar-refractivity contribution in [3.05, 3.63) is 129 Å². The van der Waals surface area contributed by atoms with Crippen LogP contribution in [0.3, 0.4) is 0 Å². The van der Waals surface area contributed by atoms with E-state index < -0.39 is 16.1 Å². The Balaban J connectivity index is 1.68. The Hall–Kier alpha value is -4.35. The van der Waals surface area contributed by atoms with Gasteiger partial charge in [-0.25, -0.2) is 0 Å². The van der Waals surface area contributed by atoms with Gasteiger partial charge in [0.05, 0.1) is 0 Å². The molecule has 0 spiro atoms. The molecular formula is C56H70Si2. The molecule has 0 aliphatic heterocycles. The molecule has 0 aliphatic carbocycles. The Morgan fingerprint density at radius 2 is 0.707 bits per heavy atom. The van der Waals surface area contributed by atoms with Crippen LogP contribution in [0, 0.1) is 22.9 Å². The molecule has 0 aliphatic rings. The highest BCUT2D eigenvalue weighted by Gasteiger charge is 2.26. The molecule has 0 heterocycles. The lowest BCUT2D eigenvalue weighted by atomic mass is 9.90. The van der Waals surface area contributed by atoms with Gasteiger partial charge in [0.2, 0.25) is 0 Å². The lowest BCUT2D eigenvalue weighted by Crippen LogP contribution is -2.29.